The van der Waals surface area contributed by atoms with E-state index < -0.39 is 11.9 Å². The number of hydrogen-bond donors (Lipinski definition) is 1. The van der Waals surface area contributed by atoms with E-state index in [1.54, 1.807) is 0 Å². The number of nitriles is 1. The summed E-state index contributed by atoms with van der Waals surface area (Å²) in [6, 6.07) is 22.3. The van der Waals surface area contributed by atoms with Crippen molar-refractivity contribution >= 4 is 6.09 Å². The van der Waals surface area contributed by atoms with Crippen LogP contribution in [0.4, 0.5) is 9.18 Å². The SMILES string of the molecule is N#Cc1ccc(F)c(C#CCCNC(=O)OCC2c3ccccc3-c3ccccc32)c1. The molecule has 0 bridgehead atoms. The Morgan fingerprint density at radius 2 is 1.71 bits per heavy atom. The number of alkyl carbamates (subject to hydrolysis) is 1. The van der Waals surface area contributed by atoms with Crippen LogP contribution < -0.4 is 5.32 Å². The molecule has 0 saturated carbocycles. The zero-order chi connectivity index (χ0) is 21.6. The van der Waals surface area contributed by atoms with Crippen molar-refractivity contribution in [2.75, 3.05) is 13.2 Å². The van der Waals surface area contributed by atoms with Crippen LogP contribution in [-0.2, 0) is 4.74 Å². The Labute approximate surface area is 180 Å². The Morgan fingerprint density at radius 1 is 1.03 bits per heavy atom. The second-order valence-electron chi connectivity index (χ2n) is 7.11. The Bertz CT molecular complexity index is 1190. The van der Waals surface area contributed by atoms with E-state index in [1.165, 1.54) is 29.3 Å². The van der Waals surface area contributed by atoms with E-state index in [2.05, 4.69) is 41.4 Å². The summed E-state index contributed by atoms with van der Waals surface area (Å²) in [7, 11) is 0. The lowest BCUT2D eigenvalue weighted by molar-refractivity contribution is 0.143. The molecule has 0 heterocycles. The number of amides is 1. The first-order chi connectivity index (χ1) is 15.2. The molecule has 0 fully saturated rings. The van der Waals surface area contributed by atoms with Crippen LogP contribution in [0.3, 0.4) is 0 Å². The number of hydrogen-bond acceptors (Lipinski definition) is 3. The highest BCUT2D eigenvalue weighted by Gasteiger charge is 2.28. The predicted octanol–water partition coefficient (Wildman–Crippen LogP) is 4.98. The summed E-state index contributed by atoms with van der Waals surface area (Å²) in [6.45, 7) is 0.529. The molecule has 0 atom stereocenters. The molecule has 3 aromatic rings. The van der Waals surface area contributed by atoms with Gasteiger partial charge in [-0.1, -0.05) is 60.4 Å². The zero-order valence-corrected chi connectivity index (χ0v) is 16.7. The molecule has 0 unspecified atom stereocenters. The van der Waals surface area contributed by atoms with Crippen molar-refractivity contribution in [1.29, 1.82) is 5.26 Å². The summed E-state index contributed by atoms with van der Waals surface area (Å²) < 4.78 is 19.2. The smallest absolute Gasteiger partial charge is 0.407 e. The van der Waals surface area contributed by atoms with Gasteiger partial charge in [0.2, 0.25) is 0 Å². The Balaban J connectivity index is 1.30. The number of halogens is 1. The molecule has 1 amide bonds. The van der Waals surface area contributed by atoms with Crippen LogP contribution in [0.2, 0.25) is 0 Å². The molecule has 0 spiro atoms. The zero-order valence-electron chi connectivity index (χ0n) is 16.7. The van der Waals surface area contributed by atoms with Gasteiger partial charge in [0.15, 0.2) is 0 Å². The van der Waals surface area contributed by atoms with Gasteiger partial charge >= 0.3 is 6.09 Å². The fourth-order valence-electron chi connectivity index (χ4n) is 3.72. The molecular formula is C26H19FN2O2. The number of nitrogens with zero attached hydrogens (tertiary/aromatic N) is 1. The highest BCUT2D eigenvalue weighted by Crippen LogP contribution is 2.44. The molecule has 4 rings (SSSR count). The van der Waals surface area contributed by atoms with Crippen LogP contribution in [0.5, 0.6) is 0 Å². The van der Waals surface area contributed by atoms with Crippen LogP contribution in [0.1, 0.15) is 34.6 Å². The fourth-order valence-corrected chi connectivity index (χ4v) is 3.72. The van der Waals surface area contributed by atoms with E-state index in [1.807, 2.05) is 30.3 Å². The maximum atomic E-state index is 13.7. The van der Waals surface area contributed by atoms with Crippen molar-refractivity contribution in [3.63, 3.8) is 0 Å². The van der Waals surface area contributed by atoms with Crippen LogP contribution in [0.25, 0.3) is 11.1 Å². The third kappa shape index (κ3) is 4.42. The van der Waals surface area contributed by atoms with E-state index >= 15 is 0 Å². The van der Waals surface area contributed by atoms with Gasteiger partial charge < -0.3 is 10.1 Å². The van der Waals surface area contributed by atoms with Gasteiger partial charge in [0.25, 0.3) is 0 Å². The first-order valence-corrected chi connectivity index (χ1v) is 9.94. The number of rotatable bonds is 4. The van der Waals surface area contributed by atoms with Crippen LogP contribution >= 0.6 is 0 Å². The van der Waals surface area contributed by atoms with Gasteiger partial charge in [-0.05, 0) is 40.5 Å². The van der Waals surface area contributed by atoms with E-state index in [0.29, 0.717) is 12.0 Å². The number of ether oxygens (including phenoxy) is 1. The molecule has 4 nitrogen and oxygen atoms in total. The molecule has 1 aliphatic carbocycles. The maximum Gasteiger partial charge on any atom is 0.407 e. The molecule has 5 heteroatoms. The largest absolute Gasteiger partial charge is 0.449 e. The first kappa shape index (κ1) is 20.2. The van der Waals surface area contributed by atoms with Gasteiger partial charge in [-0.3, -0.25) is 0 Å². The quantitative estimate of drug-likeness (QED) is 0.488. The fraction of sp³-hybridized carbons (Fsp3) is 0.154. The van der Waals surface area contributed by atoms with Crippen LogP contribution in [0, 0.1) is 29.0 Å². The van der Waals surface area contributed by atoms with Crippen molar-refractivity contribution < 1.29 is 13.9 Å². The van der Waals surface area contributed by atoms with Crippen molar-refractivity contribution in [2.24, 2.45) is 0 Å². The lowest BCUT2D eigenvalue weighted by atomic mass is 9.98. The van der Waals surface area contributed by atoms with Crippen molar-refractivity contribution in [1.82, 2.24) is 5.32 Å². The van der Waals surface area contributed by atoms with Gasteiger partial charge in [0, 0.05) is 18.9 Å². The predicted molar refractivity (Wildman–Crippen MR) is 116 cm³/mol. The summed E-state index contributed by atoms with van der Waals surface area (Å²) >= 11 is 0. The van der Waals surface area contributed by atoms with Gasteiger partial charge in [-0.15, -0.1) is 0 Å². The van der Waals surface area contributed by atoms with Gasteiger partial charge in [0.1, 0.15) is 12.4 Å². The molecular weight excluding hydrogens is 391 g/mol. The average Bonchev–Trinajstić information content (AvgIpc) is 3.12. The summed E-state index contributed by atoms with van der Waals surface area (Å²) in [4.78, 5) is 12.1. The molecule has 1 N–H and O–H groups in total. The second kappa shape index (κ2) is 9.15. The molecule has 0 radical (unpaired) electrons. The van der Waals surface area contributed by atoms with Crippen molar-refractivity contribution in [3.8, 4) is 29.0 Å². The minimum atomic E-state index is -0.513. The lowest BCUT2D eigenvalue weighted by Gasteiger charge is -2.14. The van der Waals surface area contributed by atoms with Crippen molar-refractivity contribution in [2.45, 2.75) is 12.3 Å². The molecule has 0 saturated heterocycles. The minimum Gasteiger partial charge on any atom is -0.449 e. The lowest BCUT2D eigenvalue weighted by Crippen LogP contribution is -2.26. The molecule has 152 valence electrons. The van der Waals surface area contributed by atoms with Crippen molar-refractivity contribution in [3.05, 3.63) is 94.8 Å². The minimum absolute atomic E-state index is 0.00771. The number of benzene rings is 3. The third-order valence-corrected chi connectivity index (χ3v) is 5.18. The number of carbonyl (C=O) groups is 1. The monoisotopic (exact) mass is 410 g/mol. The third-order valence-electron chi connectivity index (χ3n) is 5.18. The summed E-state index contributed by atoms with van der Waals surface area (Å²) in [6.07, 6.45) is -0.179. The average molecular weight is 410 g/mol. The number of nitrogens with one attached hydrogen (secondary N) is 1. The standard InChI is InChI=1S/C26H19FN2O2/c27-25-13-12-18(16-28)15-19(25)7-5-6-14-29-26(30)31-17-24-22-10-3-1-8-20(22)21-9-2-4-11-23(21)24/h1-4,8-13,15,24H,6,14,17H2,(H,29,30). The highest BCUT2D eigenvalue weighted by molar-refractivity contribution is 5.79. The summed E-state index contributed by atoms with van der Waals surface area (Å²) in [5, 5.41) is 11.5. The Morgan fingerprint density at radius 3 is 2.39 bits per heavy atom. The van der Waals surface area contributed by atoms with E-state index in [9.17, 15) is 9.18 Å². The molecule has 0 aliphatic heterocycles. The highest BCUT2D eigenvalue weighted by atomic mass is 19.1. The second-order valence-corrected chi connectivity index (χ2v) is 7.11. The summed E-state index contributed by atoms with van der Waals surface area (Å²) in [5.74, 6) is 5.03. The van der Waals surface area contributed by atoms with E-state index in [-0.39, 0.29) is 24.6 Å². The topological polar surface area (TPSA) is 62.1 Å². The Kier molecular flexibility index (Phi) is 5.96. The normalized spacial score (nSPS) is 11.5. The van der Waals surface area contributed by atoms with Gasteiger partial charge in [0.05, 0.1) is 17.2 Å². The van der Waals surface area contributed by atoms with E-state index in [4.69, 9.17) is 10.00 Å². The number of carbonyl (C=O) groups excluding carboxylic acids is 1. The molecule has 1 aliphatic rings. The molecule has 0 aromatic heterocycles. The van der Waals surface area contributed by atoms with Gasteiger partial charge in [-0.2, -0.15) is 5.26 Å². The number of fused-ring (bicyclic) bond motifs is 3. The maximum absolute atomic E-state index is 13.7. The summed E-state index contributed by atoms with van der Waals surface area (Å²) in [5.41, 5.74) is 5.18. The van der Waals surface area contributed by atoms with Crippen LogP contribution in [0.15, 0.2) is 66.7 Å². The van der Waals surface area contributed by atoms with Crippen LogP contribution in [-0.4, -0.2) is 19.2 Å². The first-order valence-electron chi connectivity index (χ1n) is 9.94. The molecule has 31 heavy (non-hydrogen) atoms. The van der Waals surface area contributed by atoms with E-state index in [0.717, 1.165) is 11.1 Å². The van der Waals surface area contributed by atoms with Gasteiger partial charge in [-0.25, -0.2) is 9.18 Å². The Hall–Kier alpha value is -4.09. The molecule has 3 aromatic carbocycles.